The summed E-state index contributed by atoms with van der Waals surface area (Å²) in [6.45, 7) is 4.23. The van der Waals surface area contributed by atoms with E-state index in [1.54, 1.807) is 19.1 Å². The van der Waals surface area contributed by atoms with Gasteiger partial charge in [0, 0.05) is 12.3 Å². The zero-order valence-electron chi connectivity index (χ0n) is 20.6. The predicted molar refractivity (Wildman–Crippen MR) is 132 cm³/mol. The minimum atomic E-state index is -0.887. The second-order valence-electron chi connectivity index (χ2n) is 11.8. The molecule has 1 aromatic rings. The van der Waals surface area contributed by atoms with Crippen molar-refractivity contribution in [2.75, 3.05) is 0 Å². The van der Waals surface area contributed by atoms with Crippen LogP contribution in [-0.2, 0) is 16.0 Å². The third-order valence-corrected chi connectivity index (χ3v) is 10.5. The highest BCUT2D eigenvalue weighted by atomic mass is 16.4. The van der Waals surface area contributed by atoms with E-state index in [0.29, 0.717) is 41.3 Å². The molecule has 3 fully saturated rings. The van der Waals surface area contributed by atoms with Gasteiger partial charge in [0.05, 0.1) is 5.56 Å². The van der Waals surface area contributed by atoms with Gasteiger partial charge in [0.15, 0.2) is 5.78 Å². The summed E-state index contributed by atoms with van der Waals surface area (Å²) in [5, 5.41) is 9.15. The smallest absolute Gasteiger partial charge is 0.335 e. The minimum absolute atomic E-state index is 0.121. The Bertz CT molecular complexity index is 1020. The Morgan fingerprint density at radius 3 is 2.47 bits per heavy atom. The largest absolute Gasteiger partial charge is 0.478 e. The van der Waals surface area contributed by atoms with Gasteiger partial charge in [0.25, 0.3) is 0 Å². The van der Waals surface area contributed by atoms with Crippen LogP contribution >= 0.6 is 0 Å². The molecule has 1 N–H and O–H groups in total. The summed E-state index contributed by atoms with van der Waals surface area (Å²) in [5.74, 6) is 1.91. The second-order valence-corrected chi connectivity index (χ2v) is 11.8. The fourth-order valence-electron chi connectivity index (χ4n) is 8.90. The van der Waals surface area contributed by atoms with E-state index in [0.717, 1.165) is 44.9 Å². The first kappa shape index (κ1) is 23.5. The Morgan fingerprint density at radius 1 is 1.00 bits per heavy atom. The molecule has 1 aromatic carbocycles. The molecule has 0 bridgehead atoms. The van der Waals surface area contributed by atoms with Crippen molar-refractivity contribution in [1.29, 1.82) is 0 Å². The molecule has 0 radical (unpaired) electrons. The van der Waals surface area contributed by atoms with Crippen LogP contribution in [0.4, 0.5) is 0 Å². The molecule has 0 amide bonds. The molecule has 0 heterocycles. The fraction of sp³-hybridized carbons (Fsp3) is 0.633. The number of rotatable bonds is 6. The first-order chi connectivity index (χ1) is 16.2. The summed E-state index contributed by atoms with van der Waals surface area (Å²) in [5.41, 5.74) is 3.20. The van der Waals surface area contributed by atoms with Crippen LogP contribution in [0.1, 0.15) is 94.0 Å². The van der Waals surface area contributed by atoms with Gasteiger partial charge in [-0.15, -0.1) is 0 Å². The van der Waals surface area contributed by atoms with E-state index >= 15 is 0 Å². The third-order valence-electron chi connectivity index (χ3n) is 10.5. The number of aryl methyl sites for hydroxylation is 1. The van der Waals surface area contributed by atoms with E-state index in [1.165, 1.54) is 30.4 Å². The molecule has 182 valence electrons. The Kier molecular flexibility index (Phi) is 6.06. The summed E-state index contributed by atoms with van der Waals surface area (Å²) in [6.07, 6.45) is 13.5. The summed E-state index contributed by atoms with van der Waals surface area (Å²) in [7, 11) is 0. The zero-order chi connectivity index (χ0) is 24.1. The van der Waals surface area contributed by atoms with Crippen LogP contribution in [0, 0.1) is 34.5 Å². The van der Waals surface area contributed by atoms with Gasteiger partial charge in [0.2, 0.25) is 0 Å². The highest BCUT2D eigenvalue weighted by Gasteiger charge is 2.61. The molecule has 4 aliphatic rings. The van der Waals surface area contributed by atoms with Crippen LogP contribution < -0.4 is 0 Å². The molecular weight excluding hydrogens is 424 g/mol. The van der Waals surface area contributed by atoms with E-state index in [1.807, 2.05) is 18.2 Å². The van der Waals surface area contributed by atoms with Crippen molar-refractivity contribution in [3.05, 3.63) is 47.0 Å². The molecule has 0 aromatic heterocycles. The Balaban J connectivity index is 1.36. The maximum atomic E-state index is 12.8. The van der Waals surface area contributed by atoms with Crippen molar-refractivity contribution < 1.29 is 19.5 Å². The summed E-state index contributed by atoms with van der Waals surface area (Å²) >= 11 is 0. The number of Topliss-reactive ketones (excluding diaryl/α,β-unsaturated/α-hetero) is 1. The van der Waals surface area contributed by atoms with Crippen molar-refractivity contribution in [3.8, 4) is 0 Å². The van der Waals surface area contributed by atoms with Gasteiger partial charge in [-0.25, -0.2) is 4.79 Å². The van der Waals surface area contributed by atoms with Crippen LogP contribution in [-0.4, -0.2) is 22.6 Å². The van der Waals surface area contributed by atoms with Gasteiger partial charge < -0.3 is 5.11 Å². The van der Waals surface area contributed by atoms with Crippen LogP contribution in [0.3, 0.4) is 0 Å². The zero-order valence-corrected chi connectivity index (χ0v) is 20.6. The number of hydrogen-bond acceptors (Lipinski definition) is 3. The van der Waals surface area contributed by atoms with E-state index in [9.17, 15) is 14.4 Å². The summed E-state index contributed by atoms with van der Waals surface area (Å²) in [6, 6.07) is 7.26. The highest BCUT2D eigenvalue weighted by Crippen LogP contribution is 2.68. The van der Waals surface area contributed by atoms with E-state index < -0.39 is 5.97 Å². The van der Waals surface area contributed by atoms with Crippen molar-refractivity contribution >= 4 is 17.5 Å². The lowest BCUT2D eigenvalue weighted by atomic mass is 9.45. The van der Waals surface area contributed by atoms with Crippen LogP contribution in [0.5, 0.6) is 0 Å². The number of carboxylic acid groups (broad SMARTS) is 1. The lowest BCUT2D eigenvalue weighted by Crippen LogP contribution is -2.52. The number of aromatic carboxylic acids is 1. The molecule has 34 heavy (non-hydrogen) atoms. The van der Waals surface area contributed by atoms with Gasteiger partial charge in [-0.3, -0.25) is 9.59 Å². The number of ketones is 2. The molecule has 0 saturated heterocycles. The maximum Gasteiger partial charge on any atom is 0.335 e. The van der Waals surface area contributed by atoms with Crippen molar-refractivity contribution in [3.63, 3.8) is 0 Å². The molecule has 4 aliphatic carbocycles. The number of allylic oxidation sites excluding steroid dienone is 1. The second kappa shape index (κ2) is 8.77. The molecular formula is C30H38O4. The van der Waals surface area contributed by atoms with Gasteiger partial charge in [-0.05, 0) is 123 Å². The molecule has 6 atom stereocenters. The molecule has 0 aliphatic heterocycles. The first-order valence-electron chi connectivity index (χ1n) is 13.3. The van der Waals surface area contributed by atoms with Crippen molar-refractivity contribution in [2.45, 2.75) is 84.5 Å². The SMILES string of the molecule is CC(=O)[C@H]1CC[C@H]2[C@@H]3CCC4=CC(=O)CC[C@@]4(C)[C@@H]3CC[C@]12CCCc1ccc(C(=O)O)cc1. The van der Waals surface area contributed by atoms with Gasteiger partial charge in [-0.2, -0.15) is 0 Å². The average molecular weight is 463 g/mol. The number of carbonyl (C=O) groups is 3. The Morgan fingerprint density at radius 2 is 1.76 bits per heavy atom. The van der Waals surface area contributed by atoms with Crippen LogP contribution in [0.15, 0.2) is 35.9 Å². The molecule has 4 nitrogen and oxygen atoms in total. The maximum absolute atomic E-state index is 12.8. The predicted octanol–water partition coefficient (Wildman–Crippen LogP) is 6.42. The average Bonchev–Trinajstić information content (AvgIpc) is 3.20. The summed E-state index contributed by atoms with van der Waals surface area (Å²) in [4.78, 5) is 36.1. The lowest BCUT2D eigenvalue weighted by molar-refractivity contribution is -0.130. The van der Waals surface area contributed by atoms with Gasteiger partial charge >= 0.3 is 5.97 Å². The molecule has 3 saturated carbocycles. The number of carboxylic acids is 1. The van der Waals surface area contributed by atoms with Crippen molar-refractivity contribution in [1.82, 2.24) is 0 Å². The van der Waals surface area contributed by atoms with E-state index in [4.69, 9.17) is 5.11 Å². The van der Waals surface area contributed by atoms with Crippen molar-refractivity contribution in [2.24, 2.45) is 34.5 Å². The lowest BCUT2D eigenvalue weighted by Gasteiger charge is -2.59. The number of benzene rings is 1. The highest BCUT2D eigenvalue weighted by molar-refractivity contribution is 5.91. The monoisotopic (exact) mass is 462 g/mol. The molecule has 5 rings (SSSR count). The number of fused-ring (bicyclic) bond motifs is 5. The topological polar surface area (TPSA) is 71.4 Å². The minimum Gasteiger partial charge on any atom is -0.478 e. The third kappa shape index (κ3) is 3.78. The summed E-state index contributed by atoms with van der Waals surface area (Å²) < 4.78 is 0. The fourth-order valence-corrected chi connectivity index (χ4v) is 8.90. The van der Waals surface area contributed by atoms with Gasteiger partial charge in [0.1, 0.15) is 5.78 Å². The van der Waals surface area contributed by atoms with E-state index in [2.05, 4.69) is 6.92 Å². The molecule has 0 spiro atoms. The first-order valence-corrected chi connectivity index (χ1v) is 13.3. The van der Waals surface area contributed by atoms with Crippen LogP contribution in [0.25, 0.3) is 0 Å². The Hall–Kier alpha value is -2.23. The van der Waals surface area contributed by atoms with E-state index in [-0.39, 0.29) is 16.7 Å². The standard InChI is InChI=1S/C30H38O4/c1-19(31)25-11-12-27-24-10-9-22-18-23(32)13-16-29(22,2)26(24)14-17-30(25,27)15-3-4-20-5-7-21(8-6-20)28(33)34/h5-8,18,24-27H,3-4,9-17H2,1-2H3,(H,33,34)/t24-,25-,26-,27+,29-,30-/m1/s1. The number of hydrogen-bond donors (Lipinski definition) is 1. The van der Waals surface area contributed by atoms with Crippen LogP contribution in [0.2, 0.25) is 0 Å². The normalized spacial score (nSPS) is 36.8. The van der Waals surface area contributed by atoms with Gasteiger partial charge in [-0.1, -0.05) is 24.6 Å². The quantitative estimate of drug-likeness (QED) is 0.529. The molecule has 0 unspecified atom stereocenters. The number of carbonyl (C=O) groups excluding carboxylic acids is 2. The molecule has 4 heteroatoms. The Labute approximate surface area is 203 Å².